The SMILES string of the molecule is CCCCCCCCCCCC(CCC)c1ccc(OC(=O)c2ccc(-c3ccc(C(C)OCCCCCCCC)cc3)cc2)cc1. The Morgan fingerprint density at radius 3 is 1.57 bits per heavy atom. The van der Waals surface area contributed by atoms with Gasteiger partial charge in [0, 0.05) is 6.61 Å². The third-order valence-electron chi connectivity index (χ3n) is 9.56. The minimum atomic E-state index is -0.323. The maximum absolute atomic E-state index is 12.9. The van der Waals surface area contributed by atoms with E-state index in [0.29, 0.717) is 17.2 Å². The molecule has 3 rings (SSSR count). The van der Waals surface area contributed by atoms with Crippen LogP contribution < -0.4 is 4.74 Å². The summed E-state index contributed by atoms with van der Waals surface area (Å²) >= 11 is 0. The normalized spacial score (nSPS) is 12.6. The number of ether oxygens (including phenoxy) is 2. The molecule has 0 heterocycles. The van der Waals surface area contributed by atoms with E-state index in [4.69, 9.17) is 9.47 Å². The molecule has 0 aliphatic rings. The lowest BCUT2D eigenvalue weighted by Gasteiger charge is -2.17. The quantitative estimate of drug-likeness (QED) is 0.0525. The lowest BCUT2D eigenvalue weighted by atomic mass is 9.89. The fourth-order valence-corrected chi connectivity index (χ4v) is 6.49. The standard InChI is InChI=1S/C44H64O3/c1-5-8-10-12-14-15-16-17-19-22-38(21-7-3)41-31-33-43(34-32-41)47-44(45)42-29-27-40(28-30-42)39-25-23-37(24-26-39)36(4)46-35-20-18-13-11-9-6-2/h23-34,36,38H,5-22,35H2,1-4H3. The first-order valence-corrected chi connectivity index (χ1v) is 19.2. The van der Waals surface area contributed by atoms with Crippen LogP contribution in [-0.2, 0) is 4.74 Å². The second-order valence-electron chi connectivity index (χ2n) is 13.5. The summed E-state index contributed by atoms with van der Waals surface area (Å²) in [6.07, 6.45) is 23.6. The third-order valence-corrected chi connectivity index (χ3v) is 9.56. The molecule has 0 aliphatic carbocycles. The van der Waals surface area contributed by atoms with E-state index >= 15 is 0 Å². The lowest BCUT2D eigenvalue weighted by Crippen LogP contribution is -2.08. The van der Waals surface area contributed by atoms with Gasteiger partial charge in [0.05, 0.1) is 11.7 Å². The molecule has 258 valence electrons. The van der Waals surface area contributed by atoms with Crippen molar-refractivity contribution >= 4 is 5.97 Å². The molecule has 0 amide bonds. The predicted molar refractivity (Wildman–Crippen MR) is 201 cm³/mol. The Balaban J connectivity index is 1.43. The van der Waals surface area contributed by atoms with Crippen molar-refractivity contribution in [1.29, 1.82) is 0 Å². The highest BCUT2D eigenvalue weighted by Gasteiger charge is 2.13. The number of esters is 1. The molecule has 0 radical (unpaired) electrons. The number of rotatable bonds is 25. The zero-order valence-corrected chi connectivity index (χ0v) is 30.2. The average Bonchev–Trinajstić information content (AvgIpc) is 3.10. The predicted octanol–water partition coefficient (Wildman–Crippen LogP) is 13.8. The molecule has 0 aliphatic heterocycles. The van der Waals surface area contributed by atoms with Crippen LogP contribution in [0.2, 0.25) is 0 Å². The van der Waals surface area contributed by atoms with Crippen LogP contribution in [0, 0.1) is 0 Å². The minimum absolute atomic E-state index is 0.0862. The summed E-state index contributed by atoms with van der Waals surface area (Å²) < 4.78 is 11.8. The molecular formula is C44H64O3. The van der Waals surface area contributed by atoms with E-state index in [-0.39, 0.29) is 12.1 Å². The Bertz CT molecular complexity index is 1210. The number of carbonyl (C=O) groups is 1. The summed E-state index contributed by atoms with van der Waals surface area (Å²) in [4.78, 5) is 12.9. The summed E-state index contributed by atoms with van der Waals surface area (Å²) in [5, 5.41) is 0. The average molecular weight is 641 g/mol. The highest BCUT2D eigenvalue weighted by atomic mass is 16.5. The molecule has 0 aromatic heterocycles. The molecule has 3 nitrogen and oxygen atoms in total. The van der Waals surface area contributed by atoms with Crippen molar-refractivity contribution in [3.8, 4) is 16.9 Å². The largest absolute Gasteiger partial charge is 0.423 e. The summed E-state index contributed by atoms with van der Waals surface area (Å²) in [6.45, 7) is 9.75. The van der Waals surface area contributed by atoms with Gasteiger partial charge in [-0.25, -0.2) is 4.79 Å². The molecule has 3 heteroatoms. The highest BCUT2D eigenvalue weighted by molar-refractivity contribution is 5.91. The molecule has 0 bridgehead atoms. The highest BCUT2D eigenvalue weighted by Crippen LogP contribution is 2.30. The van der Waals surface area contributed by atoms with E-state index in [2.05, 4.69) is 64.1 Å². The Kier molecular flexibility index (Phi) is 19.2. The van der Waals surface area contributed by atoms with E-state index in [0.717, 1.165) is 24.2 Å². The second kappa shape index (κ2) is 23.4. The van der Waals surface area contributed by atoms with Crippen LogP contribution in [0.15, 0.2) is 72.8 Å². The van der Waals surface area contributed by atoms with Gasteiger partial charge in [-0.2, -0.15) is 0 Å². The number of unbranched alkanes of at least 4 members (excludes halogenated alkanes) is 13. The molecular weight excluding hydrogens is 576 g/mol. The van der Waals surface area contributed by atoms with Crippen LogP contribution in [0.5, 0.6) is 5.75 Å². The van der Waals surface area contributed by atoms with Crippen LogP contribution in [0.4, 0.5) is 0 Å². The van der Waals surface area contributed by atoms with E-state index in [1.54, 1.807) is 0 Å². The van der Waals surface area contributed by atoms with Crippen LogP contribution in [0.25, 0.3) is 11.1 Å². The van der Waals surface area contributed by atoms with E-state index in [1.807, 2.05) is 36.4 Å². The van der Waals surface area contributed by atoms with Crippen LogP contribution >= 0.6 is 0 Å². The number of hydrogen-bond acceptors (Lipinski definition) is 3. The molecule has 47 heavy (non-hydrogen) atoms. The van der Waals surface area contributed by atoms with Gasteiger partial charge in [0.15, 0.2) is 0 Å². The number of hydrogen-bond donors (Lipinski definition) is 0. The van der Waals surface area contributed by atoms with Crippen molar-refractivity contribution in [1.82, 2.24) is 0 Å². The van der Waals surface area contributed by atoms with Gasteiger partial charge in [0.1, 0.15) is 5.75 Å². The first-order chi connectivity index (χ1) is 23.0. The first-order valence-electron chi connectivity index (χ1n) is 19.2. The van der Waals surface area contributed by atoms with Gasteiger partial charge in [-0.15, -0.1) is 0 Å². The Morgan fingerprint density at radius 2 is 1.02 bits per heavy atom. The van der Waals surface area contributed by atoms with Crippen LogP contribution in [0.3, 0.4) is 0 Å². The summed E-state index contributed by atoms with van der Waals surface area (Å²) in [6, 6.07) is 24.5. The Morgan fingerprint density at radius 1 is 0.532 bits per heavy atom. The second-order valence-corrected chi connectivity index (χ2v) is 13.5. The molecule has 0 saturated carbocycles. The summed E-state index contributed by atoms with van der Waals surface area (Å²) in [5.41, 5.74) is 5.31. The molecule has 0 spiro atoms. The van der Waals surface area contributed by atoms with Gasteiger partial charge in [-0.1, -0.05) is 166 Å². The van der Waals surface area contributed by atoms with Gasteiger partial charge >= 0.3 is 5.97 Å². The third kappa shape index (κ3) is 14.8. The molecule has 0 saturated heterocycles. The molecule has 3 aromatic rings. The number of benzene rings is 3. The van der Waals surface area contributed by atoms with Crippen molar-refractivity contribution in [3.05, 3.63) is 89.5 Å². The fourth-order valence-electron chi connectivity index (χ4n) is 6.49. The smallest absolute Gasteiger partial charge is 0.343 e. The van der Waals surface area contributed by atoms with Crippen molar-refractivity contribution in [2.24, 2.45) is 0 Å². The lowest BCUT2D eigenvalue weighted by molar-refractivity contribution is 0.0627. The molecule has 2 atom stereocenters. The van der Waals surface area contributed by atoms with Gasteiger partial charge in [-0.3, -0.25) is 0 Å². The zero-order chi connectivity index (χ0) is 33.5. The summed E-state index contributed by atoms with van der Waals surface area (Å²) in [7, 11) is 0. The molecule has 0 fully saturated rings. The molecule has 2 unspecified atom stereocenters. The van der Waals surface area contributed by atoms with Gasteiger partial charge in [0.2, 0.25) is 0 Å². The molecule has 0 N–H and O–H groups in total. The monoisotopic (exact) mass is 640 g/mol. The van der Waals surface area contributed by atoms with Crippen molar-refractivity contribution in [3.63, 3.8) is 0 Å². The van der Waals surface area contributed by atoms with Crippen LogP contribution in [-0.4, -0.2) is 12.6 Å². The van der Waals surface area contributed by atoms with Crippen LogP contribution in [0.1, 0.15) is 177 Å². The zero-order valence-electron chi connectivity index (χ0n) is 30.2. The van der Waals surface area contributed by atoms with E-state index in [9.17, 15) is 4.79 Å². The van der Waals surface area contributed by atoms with E-state index < -0.39 is 0 Å². The Labute approximate surface area is 287 Å². The first kappa shape index (κ1) is 38.5. The van der Waals surface area contributed by atoms with Crippen molar-refractivity contribution in [2.45, 2.75) is 155 Å². The fraction of sp³-hybridized carbons (Fsp3) is 0.568. The van der Waals surface area contributed by atoms with Gasteiger partial charge in [0.25, 0.3) is 0 Å². The number of carbonyl (C=O) groups excluding carboxylic acids is 1. The minimum Gasteiger partial charge on any atom is -0.423 e. The summed E-state index contributed by atoms with van der Waals surface area (Å²) in [5.74, 6) is 0.858. The maximum atomic E-state index is 12.9. The molecule has 3 aromatic carbocycles. The Hall–Kier alpha value is -2.91. The van der Waals surface area contributed by atoms with Gasteiger partial charge in [-0.05, 0) is 78.6 Å². The van der Waals surface area contributed by atoms with E-state index in [1.165, 1.54) is 120 Å². The van der Waals surface area contributed by atoms with Gasteiger partial charge < -0.3 is 9.47 Å². The van der Waals surface area contributed by atoms with Crippen molar-refractivity contribution < 1.29 is 14.3 Å². The topological polar surface area (TPSA) is 35.5 Å². The van der Waals surface area contributed by atoms with Crippen molar-refractivity contribution in [2.75, 3.05) is 6.61 Å². The maximum Gasteiger partial charge on any atom is 0.343 e.